The number of hydrogen-bond acceptors (Lipinski definition) is 5. The van der Waals surface area contributed by atoms with Crippen molar-refractivity contribution in [2.45, 2.75) is 44.1 Å². The second kappa shape index (κ2) is 11.4. The van der Waals surface area contributed by atoms with Crippen molar-refractivity contribution in [3.05, 3.63) is 108 Å². The third-order valence-corrected chi connectivity index (χ3v) is 6.09. The molecular formula is C27H31NO4. The lowest BCUT2D eigenvalue weighted by atomic mass is 10.1. The lowest BCUT2D eigenvalue weighted by Crippen LogP contribution is -2.42. The Bertz CT molecular complexity index is 865. The van der Waals surface area contributed by atoms with Crippen LogP contribution in [-0.4, -0.2) is 52.6 Å². The molecule has 168 valence electrons. The summed E-state index contributed by atoms with van der Waals surface area (Å²) in [7, 11) is 0. The summed E-state index contributed by atoms with van der Waals surface area (Å²) in [5.74, 6) is 0. The Hall–Kier alpha value is -2.54. The molecule has 3 aromatic carbocycles. The first kappa shape index (κ1) is 22.6. The van der Waals surface area contributed by atoms with E-state index in [0.29, 0.717) is 19.8 Å². The molecule has 1 aliphatic heterocycles. The van der Waals surface area contributed by atoms with Crippen LogP contribution in [0, 0.1) is 0 Å². The molecule has 5 heteroatoms. The van der Waals surface area contributed by atoms with E-state index in [9.17, 15) is 10.2 Å². The van der Waals surface area contributed by atoms with E-state index in [0.717, 1.165) is 16.7 Å². The van der Waals surface area contributed by atoms with Crippen LogP contribution in [-0.2, 0) is 29.2 Å². The van der Waals surface area contributed by atoms with Crippen LogP contribution in [0.25, 0.3) is 0 Å². The van der Waals surface area contributed by atoms with Crippen LogP contribution in [0.3, 0.4) is 0 Å². The minimum atomic E-state index is -0.371. The molecule has 1 heterocycles. The molecule has 2 N–H and O–H groups in total. The Kier molecular flexibility index (Phi) is 8.04. The lowest BCUT2D eigenvalue weighted by molar-refractivity contribution is -0.0856. The van der Waals surface area contributed by atoms with E-state index in [4.69, 9.17) is 9.47 Å². The van der Waals surface area contributed by atoms with Crippen molar-refractivity contribution < 1.29 is 19.7 Å². The van der Waals surface area contributed by atoms with Crippen LogP contribution in [0.2, 0.25) is 0 Å². The normalized spacial score (nSPS) is 23.4. The summed E-state index contributed by atoms with van der Waals surface area (Å²) in [6.07, 6.45) is -0.741. The lowest BCUT2D eigenvalue weighted by Gasteiger charge is -2.29. The van der Waals surface area contributed by atoms with Gasteiger partial charge in [-0.05, 0) is 16.7 Å². The molecule has 1 aliphatic rings. The van der Waals surface area contributed by atoms with Gasteiger partial charge in [0.25, 0.3) is 0 Å². The van der Waals surface area contributed by atoms with Gasteiger partial charge >= 0.3 is 0 Å². The quantitative estimate of drug-likeness (QED) is 0.513. The number of ether oxygens (including phenoxy) is 2. The maximum absolute atomic E-state index is 10.3. The summed E-state index contributed by atoms with van der Waals surface area (Å²) < 4.78 is 12.7. The molecule has 4 atom stereocenters. The van der Waals surface area contributed by atoms with Crippen LogP contribution < -0.4 is 0 Å². The molecule has 0 amide bonds. The third kappa shape index (κ3) is 5.44. The zero-order valence-electron chi connectivity index (χ0n) is 18.2. The Morgan fingerprint density at radius 1 is 0.562 bits per heavy atom. The number of hydrogen-bond donors (Lipinski definition) is 2. The van der Waals surface area contributed by atoms with Crippen molar-refractivity contribution in [3.63, 3.8) is 0 Å². The summed E-state index contributed by atoms with van der Waals surface area (Å²) >= 11 is 0. The van der Waals surface area contributed by atoms with Crippen LogP contribution in [0.5, 0.6) is 0 Å². The minimum absolute atomic E-state index is 0.0754. The molecule has 0 radical (unpaired) electrons. The molecule has 0 unspecified atom stereocenters. The molecule has 0 aliphatic carbocycles. The summed E-state index contributed by atoms with van der Waals surface area (Å²) in [5, 5.41) is 20.7. The molecule has 32 heavy (non-hydrogen) atoms. The summed E-state index contributed by atoms with van der Waals surface area (Å²) in [5.41, 5.74) is 3.25. The first-order valence-electron chi connectivity index (χ1n) is 11.1. The average Bonchev–Trinajstić information content (AvgIpc) is 3.14. The topological polar surface area (TPSA) is 62.2 Å². The predicted molar refractivity (Wildman–Crippen MR) is 124 cm³/mol. The zero-order valence-corrected chi connectivity index (χ0v) is 18.2. The molecule has 0 aromatic heterocycles. The number of rotatable bonds is 10. The van der Waals surface area contributed by atoms with E-state index in [2.05, 4.69) is 17.0 Å². The van der Waals surface area contributed by atoms with Gasteiger partial charge in [0.2, 0.25) is 0 Å². The molecule has 5 nitrogen and oxygen atoms in total. The first-order chi connectivity index (χ1) is 15.8. The highest BCUT2D eigenvalue weighted by atomic mass is 16.5. The molecule has 1 saturated heterocycles. The van der Waals surface area contributed by atoms with Gasteiger partial charge in [-0.15, -0.1) is 0 Å². The SMILES string of the molecule is OC[C@@H]1[C@@H](OCc2ccccc2)[C@H](OCc2ccccc2)[C@@H](CO)N1Cc1ccccc1. The maximum Gasteiger partial charge on any atom is 0.103 e. The number of aliphatic hydroxyl groups excluding tert-OH is 2. The zero-order chi connectivity index (χ0) is 22.2. The number of benzene rings is 3. The van der Waals surface area contributed by atoms with Crippen molar-refractivity contribution in [1.29, 1.82) is 0 Å². The Balaban J connectivity index is 1.56. The highest BCUT2D eigenvalue weighted by Gasteiger charge is 2.49. The summed E-state index contributed by atoms with van der Waals surface area (Å²) in [6, 6.07) is 29.5. The van der Waals surface area contributed by atoms with E-state index in [1.807, 2.05) is 78.9 Å². The Morgan fingerprint density at radius 3 is 1.31 bits per heavy atom. The standard InChI is InChI=1S/C27H31NO4/c29-17-24-26(31-19-22-12-6-2-7-13-22)27(32-20-23-14-8-3-9-15-23)25(18-30)28(24)16-21-10-4-1-5-11-21/h1-15,24-27,29-30H,16-20H2/t24-,25-,26-,27-/m1/s1. The minimum Gasteiger partial charge on any atom is -0.395 e. The van der Waals surface area contributed by atoms with Gasteiger partial charge in [0.15, 0.2) is 0 Å². The van der Waals surface area contributed by atoms with Gasteiger partial charge in [0.1, 0.15) is 12.2 Å². The van der Waals surface area contributed by atoms with Gasteiger partial charge < -0.3 is 19.7 Å². The fourth-order valence-corrected chi connectivity index (χ4v) is 4.45. The van der Waals surface area contributed by atoms with E-state index in [1.54, 1.807) is 0 Å². The molecule has 0 saturated carbocycles. The van der Waals surface area contributed by atoms with Crippen LogP contribution in [0.1, 0.15) is 16.7 Å². The van der Waals surface area contributed by atoms with Gasteiger partial charge in [-0.3, -0.25) is 4.90 Å². The van der Waals surface area contributed by atoms with Crippen LogP contribution >= 0.6 is 0 Å². The average molecular weight is 434 g/mol. The summed E-state index contributed by atoms with van der Waals surface area (Å²) in [4.78, 5) is 2.13. The van der Waals surface area contributed by atoms with Crippen LogP contribution in [0.4, 0.5) is 0 Å². The number of aliphatic hydroxyl groups is 2. The molecule has 0 bridgehead atoms. The largest absolute Gasteiger partial charge is 0.395 e. The van der Waals surface area contributed by atoms with E-state index >= 15 is 0 Å². The van der Waals surface area contributed by atoms with Gasteiger partial charge in [-0.1, -0.05) is 91.0 Å². The molecular weight excluding hydrogens is 402 g/mol. The van der Waals surface area contributed by atoms with E-state index in [1.165, 1.54) is 0 Å². The smallest absolute Gasteiger partial charge is 0.103 e. The van der Waals surface area contributed by atoms with Crippen molar-refractivity contribution in [2.24, 2.45) is 0 Å². The van der Waals surface area contributed by atoms with Crippen molar-refractivity contribution in [3.8, 4) is 0 Å². The van der Waals surface area contributed by atoms with Gasteiger partial charge in [-0.25, -0.2) is 0 Å². The fourth-order valence-electron chi connectivity index (χ4n) is 4.45. The predicted octanol–water partition coefficient (Wildman–Crippen LogP) is 3.39. The molecule has 0 spiro atoms. The van der Waals surface area contributed by atoms with Gasteiger partial charge in [0.05, 0.1) is 38.5 Å². The van der Waals surface area contributed by atoms with Crippen molar-refractivity contribution >= 4 is 0 Å². The molecule has 1 fully saturated rings. The van der Waals surface area contributed by atoms with E-state index in [-0.39, 0.29) is 37.5 Å². The van der Waals surface area contributed by atoms with Gasteiger partial charge in [0, 0.05) is 6.54 Å². The van der Waals surface area contributed by atoms with Crippen LogP contribution in [0.15, 0.2) is 91.0 Å². The first-order valence-corrected chi connectivity index (χ1v) is 11.1. The second-order valence-electron chi connectivity index (χ2n) is 8.18. The fraction of sp³-hybridized carbons (Fsp3) is 0.333. The molecule has 3 aromatic rings. The second-order valence-corrected chi connectivity index (χ2v) is 8.18. The Morgan fingerprint density at radius 2 is 0.938 bits per heavy atom. The van der Waals surface area contributed by atoms with Gasteiger partial charge in [-0.2, -0.15) is 0 Å². The Labute approximate surface area is 189 Å². The van der Waals surface area contributed by atoms with E-state index < -0.39 is 0 Å². The monoisotopic (exact) mass is 433 g/mol. The highest BCUT2D eigenvalue weighted by molar-refractivity contribution is 5.18. The highest BCUT2D eigenvalue weighted by Crippen LogP contribution is 2.32. The third-order valence-electron chi connectivity index (χ3n) is 6.09. The maximum atomic E-state index is 10.3. The molecule has 4 rings (SSSR count). The van der Waals surface area contributed by atoms with Crippen molar-refractivity contribution in [1.82, 2.24) is 4.90 Å². The summed E-state index contributed by atoms with van der Waals surface area (Å²) in [6.45, 7) is 1.30. The number of likely N-dealkylation sites (tertiary alicyclic amines) is 1. The number of nitrogens with zero attached hydrogens (tertiary/aromatic N) is 1. The van der Waals surface area contributed by atoms with Crippen molar-refractivity contribution in [2.75, 3.05) is 13.2 Å².